The normalized spacial score (nSPS) is 24.9. The minimum absolute atomic E-state index is 0.0302. The Morgan fingerprint density at radius 1 is 1.47 bits per heavy atom. The first kappa shape index (κ1) is 12.8. The van der Waals surface area contributed by atoms with Gasteiger partial charge in [-0.15, -0.1) is 11.6 Å². The maximum Gasteiger partial charge on any atom is 0.123 e. The number of hydrogen-bond acceptors (Lipinski definition) is 1. The maximum absolute atomic E-state index is 13.1. The van der Waals surface area contributed by atoms with Crippen molar-refractivity contribution in [3.8, 4) is 0 Å². The van der Waals surface area contributed by atoms with E-state index in [2.05, 4.69) is 0 Å². The second-order valence-corrected chi connectivity index (χ2v) is 5.30. The van der Waals surface area contributed by atoms with Gasteiger partial charge in [0.25, 0.3) is 0 Å². The van der Waals surface area contributed by atoms with Crippen molar-refractivity contribution >= 4 is 11.6 Å². The quantitative estimate of drug-likeness (QED) is 0.749. The van der Waals surface area contributed by atoms with Crippen LogP contribution >= 0.6 is 11.6 Å². The number of alkyl halides is 1. The van der Waals surface area contributed by atoms with Gasteiger partial charge in [0.1, 0.15) is 5.82 Å². The molecule has 3 heteroatoms. The number of aryl methyl sites for hydroxylation is 1. The molecule has 1 unspecified atom stereocenters. The zero-order valence-corrected chi connectivity index (χ0v) is 10.9. The van der Waals surface area contributed by atoms with E-state index in [-0.39, 0.29) is 11.2 Å². The lowest BCUT2D eigenvalue weighted by molar-refractivity contribution is 0.00470. The Hall–Kier alpha value is -0.600. The molecule has 1 aliphatic rings. The van der Waals surface area contributed by atoms with Crippen molar-refractivity contribution in [1.82, 2.24) is 0 Å². The van der Waals surface area contributed by atoms with Gasteiger partial charge in [0.05, 0.1) is 6.61 Å². The first-order valence-corrected chi connectivity index (χ1v) is 6.57. The first-order chi connectivity index (χ1) is 8.15. The molecule has 0 aromatic heterocycles. The molecule has 0 bridgehead atoms. The highest BCUT2D eigenvalue weighted by molar-refractivity contribution is 6.18. The van der Waals surface area contributed by atoms with Gasteiger partial charge in [-0.25, -0.2) is 4.39 Å². The molecular weight excluding hydrogens is 239 g/mol. The van der Waals surface area contributed by atoms with E-state index >= 15 is 0 Å². The molecule has 2 rings (SSSR count). The van der Waals surface area contributed by atoms with Crippen LogP contribution in [0.5, 0.6) is 0 Å². The van der Waals surface area contributed by atoms with E-state index in [0.717, 1.165) is 31.4 Å². The molecule has 0 spiro atoms. The van der Waals surface area contributed by atoms with Gasteiger partial charge in [0, 0.05) is 17.9 Å². The van der Waals surface area contributed by atoms with E-state index in [9.17, 15) is 4.39 Å². The van der Waals surface area contributed by atoms with E-state index in [0.29, 0.717) is 12.5 Å². The molecule has 0 aliphatic carbocycles. The molecule has 0 amide bonds. The van der Waals surface area contributed by atoms with E-state index in [1.54, 1.807) is 6.07 Å². The van der Waals surface area contributed by atoms with E-state index in [1.165, 1.54) is 11.6 Å². The zero-order chi connectivity index (χ0) is 12.3. The van der Waals surface area contributed by atoms with Crippen molar-refractivity contribution in [2.45, 2.75) is 26.2 Å². The van der Waals surface area contributed by atoms with E-state index in [4.69, 9.17) is 16.3 Å². The molecule has 1 fully saturated rings. The molecule has 1 aromatic rings. The molecule has 1 heterocycles. The highest BCUT2D eigenvalue weighted by Crippen LogP contribution is 2.34. The molecule has 0 N–H and O–H groups in total. The monoisotopic (exact) mass is 256 g/mol. The topological polar surface area (TPSA) is 9.23 Å². The molecular formula is C14H18ClFO. The van der Waals surface area contributed by atoms with E-state index < -0.39 is 0 Å². The summed E-state index contributed by atoms with van der Waals surface area (Å²) in [5.41, 5.74) is 2.21. The Morgan fingerprint density at radius 2 is 2.29 bits per heavy atom. The van der Waals surface area contributed by atoms with Crippen LogP contribution in [-0.2, 0) is 11.2 Å². The van der Waals surface area contributed by atoms with Crippen LogP contribution in [0.25, 0.3) is 0 Å². The average Bonchev–Trinajstić information content (AvgIpc) is 2.34. The maximum atomic E-state index is 13.1. The fourth-order valence-corrected chi connectivity index (χ4v) is 2.77. The molecule has 1 nitrogen and oxygen atoms in total. The van der Waals surface area contributed by atoms with Crippen LogP contribution in [0, 0.1) is 18.2 Å². The lowest BCUT2D eigenvalue weighted by Gasteiger charge is -2.35. The van der Waals surface area contributed by atoms with Gasteiger partial charge in [-0.05, 0) is 49.4 Å². The Balaban J connectivity index is 2.17. The minimum atomic E-state index is -0.175. The Morgan fingerprint density at radius 3 is 2.88 bits per heavy atom. The van der Waals surface area contributed by atoms with Crippen molar-refractivity contribution in [1.29, 1.82) is 0 Å². The summed E-state index contributed by atoms with van der Waals surface area (Å²) in [4.78, 5) is 0. The number of halogens is 2. The predicted molar refractivity (Wildman–Crippen MR) is 68.0 cm³/mol. The van der Waals surface area contributed by atoms with Crippen LogP contribution < -0.4 is 0 Å². The lowest BCUT2D eigenvalue weighted by Crippen LogP contribution is -2.35. The lowest BCUT2D eigenvalue weighted by atomic mass is 9.78. The van der Waals surface area contributed by atoms with Gasteiger partial charge in [-0.2, -0.15) is 0 Å². The van der Waals surface area contributed by atoms with Crippen LogP contribution in [-0.4, -0.2) is 19.1 Å². The fourth-order valence-electron chi connectivity index (χ4n) is 2.46. The third-order valence-electron chi connectivity index (χ3n) is 3.56. The largest absolute Gasteiger partial charge is 0.381 e. The van der Waals surface area contributed by atoms with Crippen molar-refractivity contribution in [2.75, 3.05) is 19.1 Å². The summed E-state index contributed by atoms with van der Waals surface area (Å²) in [7, 11) is 0. The molecule has 0 radical (unpaired) electrons. The smallest absolute Gasteiger partial charge is 0.123 e. The van der Waals surface area contributed by atoms with Crippen molar-refractivity contribution < 1.29 is 9.13 Å². The summed E-state index contributed by atoms with van der Waals surface area (Å²) in [6.45, 7) is 3.50. The first-order valence-electron chi connectivity index (χ1n) is 6.04. The molecule has 1 aromatic carbocycles. The summed E-state index contributed by atoms with van der Waals surface area (Å²) >= 11 is 6.12. The second-order valence-electron chi connectivity index (χ2n) is 5.04. The number of hydrogen-bond donors (Lipinski definition) is 0. The Kier molecular flexibility index (Phi) is 4.05. The van der Waals surface area contributed by atoms with E-state index in [1.807, 2.05) is 13.0 Å². The highest BCUT2D eigenvalue weighted by Gasteiger charge is 2.32. The summed E-state index contributed by atoms with van der Waals surface area (Å²) in [6, 6.07) is 4.97. The summed E-state index contributed by atoms with van der Waals surface area (Å²) in [5, 5.41) is 0. The highest BCUT2D eigenvalue weighted by atomic mass is 35.5. The molecule has 94 valence electrons. The van der Waals surface area contributed by atoms with Crippen LogP contribution in [0.2, 0.25) is 0 Å². The Labute approximate surface area is 107 Å². The molecule has 1 atom stereocenters. The predicted octanol–water partition coefficient (Wildman–Crippen LogP) is 3.71. The van der Waals surface area contributed by atoms with Crippen molar-refractivity contribution in [3.63, 3.8) is 0 Å². The number of rotatable bonds is 3. The fraction of sp³-hybridized carbons (Fsp3) is 0.571. The van der Waals surface area contributed by atoms with Crippen LogP contribution in [0.3, 0.4) is 0 Å². The van der Waals surface area contributed by atoms with Crippen LogP contribution in [0.1, 0.15) is 24.0 Å². The minimum Gasteiger partial charge on any atom is -0.381 e. The molecule has 1 aliphatic heterocycles. The SMILES string of the molecule is Cc1cc(F)ccc1CC1(CCl)CCCOC1. The van der Waals surface area contributed by atoms with Crippen molar-refractivity contribution in [2.24, 2.45) is 5.41 Å². The van der Waals surface area contributed by atoms with Gasteiger partial charge in [-0.1, -0.05) is 6.07 Å². The zero-order valence-electron chi connectivity index (χ0n) is 10.1. The van der Waals surface area contributed by atoms with Gasteiger partial charge in [0.15, 0.2) is 0 Å². The Bertz CT molecular complexity index is 386. The summed E-state index contributed by atoms with van der Waals surface area (Å²) < 4.78 is 18.6. The molecule has 0 saturated carbocycles. The van der Waals surface area contributed by atoms with Gasteiger partial charge >= 0.3 is 0 Å². The van der Waals surface area contributed by atoms with Gasteiger partial charge in [-0.3, -0.25) is 0 Å². The third kappa shape index (κ3) is 2.99. The molecule has 1 saturated heterocycles. The standard InChI is InChI=1S/C14H18ClFO/c1-11-7-13(16)4-3-12(11)8-14(9-15)5-2-6-17-10-14/h3-4,7H,2,5-6,8-10H2,1H3. The van der Waals surface area contributed by atoms with Gasteiger partial charge in [0.2, 0.25) is 0 Å². The summed E-state index contributed by atoms with van der Waals surface area (Å²) in [6.07, 6.45) is 3.03. The van der Waals surface area contributed by atoms with Crippen molar-refractivity contribution in [3.05, 3.63) is 35.1 Å². The summed E-state index contributed by atoms with van der Waals surface area (Å²) in [5.74, 6) is 0.426. The second kappa shape index (κ2) is 5.36. The number of ether oxygens (including phenoxy) is 1. The van der Waals surface area contributed by atoms with Crippen LogP contribution in [0.4, 0.5) is 4.39 Å². The van der Waals surface area contributed by atoms with Crippen LogP contribution in [0.15, 0.2) is 18.2 Å². The third-order valence-corrected chi connectivity index (χ3v) is 4.12. The molecule has 17 heavy (non-hydrogen) atoms. The van der Waals surface area contributed by atoms with Gasteiger partial charge < -0.3 is 4.74 Å². The number of benzene rings is 1. The average molecular weight is 257 g/mol.